The molecule has 0 aromatic heterocycles. The van der Waals surface area contributed by atoms with Crippen LogP contribution < -0.4 is 5.32 Å². The van der Waals surface area contributed by atoms with Crippen LogP contribution in [-0.4, -0.2) is 24.4 Å². The standard InChI is InChI=1S/C7H15NO3S/c1-5(2)7(12(9,10)11)8-6-3-4-6/h5-8H,3-4H2,1-2H3,(H,9,10,11). The van der Waals surface area contributed by atoms with Gasteiger partial charge in [-0.3, -0.25) is 9.87 Å². The van der Waals surface area contributed by atoms with Crippen molar-refractivity contribution >= 4 is 10.1 Å². The van der Waals surface area contributed by atoms with Gasteiger partial charge in [-0.2, -0.15) is 8.42 Å². The molecule has 1 atom stereocenters. The van der Waals surface area contributed by atoms with Crippen LogP contribution in [0.1, 0.15) is 26.7 Å². The summed E-state index contributed by atoms with van der Waals surface area (Å²) in [5, 5.41) is 2.09. The number of hydrogen-bond donors (Lipinski definition) is 2. The molecule has 0 aromatic rings. The maximum Gasteiger partial charge on any atom is 0.281 e. The Labute approximate surface area is 73.1 Å². The number of rotatable bonds is 4. The van der Waals surface area contributed by atoms with Crippen molar-refractivity contribution in [3.8, 4) is 0 Å². The fraction of sp³-hybridized carbons (Fsp3) is 1.00. The van der Waals surface area contributed by atoms with Crippen LogP contribution in [0.4, 0.5) is 0 Å². The lowest BCUT2D eigenvalue weighted by atomic mass is 10.2. The highest BCUT2D eigenvalue weighted by molar-refractivity contribution is 7.86. The second kappa shape index (κ2) is 3.32. The molecule has 4 nitrogen and oxygen atoms in total. The van der Waals surface area contributed by atoms with E-state index in [0.29, 0.717) is 6.04 Å². The smallest absolute Gasteiger partial charge is 0.281 e. The summed E-state index contributed by atoms with van der Waals surface area (Å²) >= 11 is 0. The van der Waals surface area contributed by atoms with E-state index < -0.39 is 15.5 Å². The van der Waals surface area contributed by atoms with Gasteiger partial charge in [0.25, 0.3) is 10.1 Å². The predicted octanol–water partition coefficient (Wildman–Crippen LogP) is 0.608. The molecule has 0 aromatic carbocycles. The molecule has 2 N–H and O–H groups in total. The van der Waals surface area contributed by atoms with Crippen LogP contribution in [0, 0.1) is 5.92 Å². The molecule has 0 heterocycles. The Morgan fingerprint density at radius 3 is 2.17 bits per heavy atom. The molecule has 0 radical (unpaired) electrons. The van der Waals surface area contributed by atoms with Crippen LogP contribution in [0.25, 0.3) is 0 Å². The van der Waals surface area contributed by atoms with E-state index in [4.69, 9.17) is 4.55 Å². The summed E-state index contributed by atoms with van der Waals surface area (Å²) < 4.78 is 30.5. The zero-order chi connectivity index (χ0) is 9.35. The minimum atomic E-state index is -3.93. The van der Waals surface area contributed by atoms with Gasteiger partial charge >= 0.3 is 0 Å². The molecule has 0 amide bonds. The molecular formula is C7H15NO3S. The van der Waals surface area contributed by atoms with Crippen LogP contribution in [0.3, 0.4) is 0 Å². The molecule has 0 spiro atoms. The van der Waals surface area contributed by atoms with E-state index in [1.165, 1.54) is 0 Å². The van der Waals surface area contributed by atoms with Gasteiger partial charge in [-0.05, 0) is 18.8 Å². The summed E-state index contributed by atoms with van der Waals surface area (Å²) in [7, 11) is -3.93. The Morgan fingerprint density at radius 1 is 1.42 bits per heavy atom. The van der Waals surface area contributed by atoms with Gasteiger partial charge in [0.1, 0.15) is 5.37 Å². The van der Waals surface area contributed by atoms with Gasteiger partial charge in [-0.25, -0.2) is 0 Å². The largest absolute Gasteiger partial charge is 0.296 e. The van der Waals surface area contributed by atoms with Crippen LogP contribution in [0.15, 0.2) is 0 Å². The predicted molar refractivity (Wildman–Crippen MR) is 46.3 cm³/mol. The van der Waals surface area contributed by atoms with Crippen LogP contribution in [0.2, 0.25) is 0 Å². The van der Waals surface area contributed by atoms with Crippen molar-refractivity contribution in [1.82, 2.24) is 5.32 Å². The van der Waals surface area contributed by atoms with Gasteiger partial charge in [-0.1, -0.05) is 13.8 Å². The van der Waals surface area contributed by atoms with E-state index >= 15 is 0 Å². The molecule has 1 aliphatic carbocycles. The van der Waals surface area contributed by atoms with E-state index in [-0.39, 0.29) is 5.92 Å². The molecule has 0 aliphatic heterocycles. The van der Waals surface area contributed by atoms with Crippen molar-refractivity contribution in [2.45, 2.75) is 38.1 Å². The highest BCUT2D eigenvalue weighted by atomic mass is 32.2. The van der Waals surface area contributed by atoms with Crippen LogP contribution in [-0.2, 0) is 10.1 Å². The van der Waals surface area contributed by atoms with Crippen molar-refractivity contribution in [1.29, 1.82) is 0 Å². The Bertz CT molecular complexity index is 243. The number of hydrogen-bond acceptors (Lipinski definition) is 3. The summed E-state index contributed by atoms with van der Waals surface area (Å²) in [6, 6.07) is 0.291. The summed E-state index contributed by atoms with van der Waals surface area (Å²) in [6.45, 7) is 3.54. The van der Waals surface area contributed by atoms with Gasteiger partial charge in [-0.15, -0.1) is 0 Å². The summed E-state index contributed by atoms with van der Waals surface area (Å²) in [4.78, 5) is 0. The molecule has 0 saturated heterocycles. The maximum absolute atomic E-state index is 10.8. The zero-order valence-corrected chi connectivity index (χ0v) is 8.13. The fourth-order valence-corrected chi connectivity index (χ4v) is 2.16. The lowest BCUT2D eigenvalue weighted by molar-refractivity contribution is 0.409. The third kappa shape index (κ3) is 2.73. The van der Waals surface area contributed by atoms with E-state index in [0.717, 1.165) is 12.8 Å². The van der Waals surface area contributed by atoms with Gasteiger partial charge in [0.15, 0.2) is 0 Å². The Kier molecular flexibility index (Phi) is 2.75. The molecule has 12 heavy (non-hydrogen) atoms. The maximum atomic E-state index is 10.8. The van der Waals surface area contributed by atoms with E-state index in [1.807, 2.05) is 0 Å². The average molecular weight is 193 g/mol. The monoisotopic (exact) mass is 193 g/mol. The number of nitrogens with one attached hydrogen (secondary N) is 1. The molecule has 1 aliphatic rings. The van der Waals surface area contributed by atoms with E-state index in [1.54, 1.807) is 13.8 Å². The molecule has 1 unspecified atom stereocenters. The Hall–Kier alpha value is -0.130. The van der Waals surface area contributed by atoms with E-state index in [2.05, 4.69) is 5.32 Å². The van der Waals surface area contributed by atoms with Crippen molar-refractivity contribution in [2.24, 2.45) is 5.92 Å². The summed E-state index contributed by atoms with van der Waals surface area (Å²) in [6.07, 6.45) is 2.03. The lowest BCUT2D eigenvalue weighted by Crippen LogP contribution is -2.41. The Balaban J connectivity index is 2.60. The third-order valence-corrected chi connectivity index (χ3v) is 3.23. The SMILES string of the molecule is CC(C)C(NC1CC1)S(=O)(=O)O. The molecule has 1 fully saturated rings. The van der Waals surface area contributed by atoms with Crippen molar-refractivity contribution < 1.29 is 13.0 Å². The minimum absolute atomic E-state index is 0.0967. The highest BCUT2D eigenvalue weighted by Gasteiger charge is 2.32. The minimum Gasteiger partial charge on any atom is -0.296 e. The zero-order valence-electron chi connectivity index (χ0n) is 7.32. The van der Waals surface area contributed by atoms with Gasteiger partial charge in [0.2, 0.25) is 0 Å². The molecule has 1 rings (SSSR count). The topological polar surface area (TPSA) is 66.4 Å². The first-order chi connectivity index (χ1) is 5.41. The molecular weight excluding hydrogens is 178 g/mol. The van der Waals surface area contributed by atoms with Crippen LogP contribution >= 0.6 is 0 Å². The summed E-state index contributed by atoms with van der Waals surface area (Å²) in [5.41, 5.74) is 0. The van der Waals surface area contributed by atoms with Crippen molar-refractivity contribution in [3.05, 3.63) is 0 Å². The first-order valence-corrected chi connectivity index (χ1v) is 5.64. The molecule has 0 bridgehead atoms. The van der Waals surface area contributed by atoms with Gasteiger partial charge in [0.05, 0.1) is 0 Å². The second-order valence-electron chi connectivity index (χ2n) is 3.62. The third-order valence-electron chi connectivity index (χ3n) is 1.90. The first-order valence-electron chi connectivity index (χ1n) is 4.13. The first kappa shape index (κ1) is 9.95. The summed E-state index contributed by atoms with van der Waals surface area (Å²) in [5.74, 6) is -0.0967. The van der Waals surface area contributed by atoms with Gasteiger partial charge in [0, 0.05) is 6.04 Å². The average Bonchev–Trinajstić information content (AvgIpc) is 2.61. The fourth-order valence-electron chi connectivity index (χ4n) is 1.10. The van der Waals surface area contributed by atoms with Gasteiger partial charge < -0.3 is 0 Å². The highest BCUT2D eigenvalue weighted by Crippen LogP contribution is 2.22. The van der Waals surface area contributed by atoms with Crippen LogP contribution in [0.5, 0.6) is 0 Å². The molecule has 5 heteroatoms. The molecule has 72 valence electrons. The lowest BCUT2D eigenvalue weighted by Gasteiger charge is -2.18. The Morgan fingerprint density at radius 2 is 1.92 bits per heavy atom. The van der Waals surface area contributed by atoms with Crippen molar-refractivity contribution in [3.63, 3.8) is 0 Å². The second-order valence-corrected chi connectivity index (χ2v) is 5.16. The molecule has 1 saturated carbocycles. The van der Waals surface area contributed by atoms with Crippen molar-refractivity contribution in [2.75, 3.05) is 0 Å². The quantitative estimate of drug-likeness (QED) is 0.642. The normalized spacial score (nSPS) is 21.3. The van der Waals surface area contributed by atoms with E-state index in [9.17, 15) is 8.42 Å².